The smallest absolute Gasteiger partial charge is 0.307 e. The predicted octanol–water partition coefficient (Wildman–Crippen LogP) is 3.34. The van der Waals surface area contributed by atoms with Gasteiger partial charge in [0.1, 0.15) is 5.82 Å². The minimum Gasteiger partial charge on any atom is -0.481 e. The number of aliphatic carboxylic acids is 1. The van der Waals surface area contributed by atoms with E-state index in [-0.39, 0.29) is 11.8 Å². The summed E-state index contributed by atoms with van der Waals surface area (Å²) >= 11 is 0. The third-order valence-electron chi connectivity index (χ3n) is 4.44. The molecule has 20 heavy (non-hydrogen) atoms. The standard InChI is InChI=1S/C16H20N2O2/c1-3-10-4-5-13-14(8-10)18-15(17-13)11-6-9(2)7-12(11)16(19)20/h4-5,8-9,11-12H,3,6-7H2,1-2H3,(H,17,18)(H,19,20). The molecule has 4 nitrogen and oxygen atoms in total. The molecule has 2 aromatic rings. The molecule has 4 heteroatoms. The first-order valence-corrected chi connectivity index (χ1v) is 7.29. The number of H-pyrrole nitrogens is 1. The first-order valence-electron chi connectivity index (χ1n) is 7.29. The highest BCUT2D eigenvalue weighted by molar-refractivity contribution is 5.77. The van der Waals surface area contributed by atoms with Crippen LogP contribution < -0.4 is 0 Å². The van der Waals surface area contributed by atoms with E-state index in [0.29, 0.717) is 5.92 Å². The number of aryl methyl sites for hydroxylation is 1. The van der Waals surface area contributed by atoms with Crippen LogP contribution in [0.3, 0.4) is 0 Å². The molecular weight excluding hydrogens is 252 g/mol. The van der Waals surface area contributed by atoms with Crippen LogP contribution in [0.4, 0.5) is 0 Å². The predicted molar refractivity (Wildman–Crippen MR) is 77.7 cm³/mol. The fraction of sp³-hybridized carbons (Fsp3) is 0.500. The van der Waals surface area contributed by atoms with E-state index in [0.717, 1.165) is 36.1 Å². The van der Waals surface area contributed by atoms with E-state index < -0.39 is 5.97 Å². The molecular formula is C16H20N2O2. The van der Waals surface area contributed by atoms with Gasteiger partial charge in [0.2, 0.25) is 0 Å². The zero-order valence-electron chi connectivity index (χ0n) is 11.9. The van der Waals surface area contributed by atoms with Crippen molar-refractivity contribution in [3.05, 3.63) is 29.6 Å². The summed E-state index contributed by atoms with van der Waals surface area (Å²) in [5.74, 6) is 0.288. The lowest BCUT2D eigenvalue weighted by Gasteiger charge is -2.12. The van der Waals surface area contributed by atoms with E-state index in [4.69, 9.17) is 0 Å². The number of carboxylic acid groups (broad SMARTS) is 1. The van der Waals surface area contributed by atoms with E-state index in [1.54, 1.807) is 0 Å². The van der Waals surface area contributed by atoms with Gasteiger partial charge < -0.3 is 10.1 Å². The van der Waals surface area contributed by atoms with Crippen molar-refractivity contribution in [3.8, 4) is 0 Å². The second kappa shape index (κ2) is 4.93. The molecule has 0 saturated heterocycles. The maximum absolute atomic E-state index is 11.4. The summed E-state index contributed by atoms with van der Waals surface area (Å²) < 4.78 is 0. The number of rotatable bonds is 3. The van der Waals surface area contributed by atoms with Crippen LogP contribution in [0, 0.1) is 11.8 Å². The van der Waals surface area contributed by atoms with Crippen LogP contribution >= 0.6 is 0 Å². The quantitative estimate of drug-likeness (QED) is 0.900. The molecule has 3 unspecified atom stereocenters. The summed E-state index contributed by atoms with van der Waals surface area (Å²) in [5.41, 5.74) is 3.21. The Morgan fingerprint density at radius 1 is 1.45 bits per heavy atom. The van der Waals surface area contributed by atoms with Crippen molar-refractivity contribution >= 4 is 17.0 Å². The fourth-order valence-corrected chi connectivity index (χ4v) is 3.34. The summed E-state index contributed by atoms with van der Waals surface area (Å²) in [6.07, 6.45) is 2.64. The molecule has 0 radical (unpaired) electrons. The number of imidazole rings is 1. The molecule has 1 aliphatic rings. The summed E-state index contributed by atoms with van der Waals surface area (Å²) in [6, 6.07) is 6.21. The van der Waals surface area contributed by atoms with Crippen molar-refractivity contribution in [1.29, 1.82) is 0 Å². The number of aromatic nitrogens is 2. The number of fused-ring (bicyclic) bond motifs is 1. The van der Waals surface area contributed by atoms with E-state index in [2.05, 4.69) is 35.9 Å². The highest BCUT2D eigenvalue weighted by atomic mass is 16.4. The third kappa shape index (κ3) is 2.19. The molecule has 1 heterocycles. The SMILES string of the molecule is CCc1ccc2nc(C3CC(C)CC3C(=O)O)[nH]c2c1. The average Bonchev–Trinajstić information content (AvgIpc) is 3.00. The Balaban J connectivity index is 1.99. The van der Waals surface area contributed by atoms with E-state index in [1.807, 2.05) is 6.07 Å². The second-order valence-corrected chi connectivity index (χ2v) is 5.95. The Hall–Kier alpha value is -1.84. The third-order valence-corrected chi connectivity index (χ3v) is 4.44. The molecule has 0 spiro atoms. The monoisotopic (exact) mass is 272 g/mol. The van der Waals surface area contributed by atoms with Crippen molar-refractivity contribution in [3.63, 3.8) is 0 Å². The van der Waals surface area contributed by atoms with Gasteiger partial charge in [-0.1, -0.05) is 19.9 Å². The molecule has 106 valence electrons. The molecule has 1 fully saturated rings. The lowest BCUT2D eigenvalue weighted by Crippen LogP contribution is -2.17. The first-order chi connectivity index (χ1) is 9.58. The number of nitrogens with zero attached hydrogens (tertiary/aromatic N) is 1. The van der Waals surface area contributed by atoms with E-state index in [9.17, 15) is 9.90 Å². The molecule has 3 rings (SSSR count). The lowest BCUT2D eigenvalue weighted by atomic mass is 9.96. The van der Waals surface area contributed by atoms with Gasteiger partial charge in [0, 0.05) is 5.92 Å². The number of carbonyl (C=O) groups is 1. The van der Waals surface area contributed by atoms with Gasteiger partial charge in [0.15, 0.2) is 0 Å². The normalized spacial score (nSPS) is 26.2. The first kappa shape index (κ1) is 13.2. The van der Waals surface area contributed by atoms with Gasteiger partial charge in [-0.3, -0.25) is 4.79 Å². The molecule has 1 saturated carbocycles. The number of hydrogen-bond acceptors (Lipinski definition) is 2. The Bertz CT molecular complexity index is 647. The molecule has 0 bridgehead atoms. The van der Waals surface area contributed by atoms with Crippen molar-refractivity contribution in [2.45, 2.75) is 39.0 Å². The van der Waals surface area contributed by atoms with Crippen LogP contribution in [-0.4, -0.2) is 21.0 Å². The van der Waals surface area contributed by atoms with Crippen molar-refractivity contribution < 1.29 is 9.90 Å². The Labute approximate surface area is 118 Å². The molecule has 1 aromatic carbocycles. The van der Waals surface area contributed by atoms with E-state index >= 15 is 0 Å². The zero-order chi connectivity index (χ0) is 14.3. The molecule has 1 aliphatic carbocycles. The maximum atomic E-state index is 11.4. The topological polar surface area (TPSA) is 66.0 Å². The minimum absolute atomic E-state index is 0.0139. The van der Waals surface area contributed by atoms with Crippen LogP contribution in [0.25, 0.3) is 11.0 Å². The summed E-state index contributed by atoms with van der Waals surface area (Å²) in [4.78, 5) is 19.4. The van der Waals surface area contributed by atoms with Crippen LogP contribution in [0.2, 0.25) is 0 Å². The number of benzene rings is 1. The molecule has 1 aromatic heterocycles. The van der Waals surface area contributed by atoms with Crippen molar-refractivity contribution in [1.82, 2.24) is 9.97 Å². The number of hydrogen-bond donors (Lipinski definition) is 2. The zero-order valence-corrected chi connectivity index (χ0v) is 11.9. The van der Waals surface area contributed by atoms with Crippen molar-refractivity contribution in [2.75, 3.05) is 0 Å². The number of nitrogens with one attached hydrogen (secondary N) is 1. The van der Waals surface area contributed by atoms with Crippen molar-refractivity contribution in [2.24, 2.45) is 11.8 Å². The number of aromatic amines is 1. The fourth-order valence-electron chi connectivity index (χ4n) is 3.34. The molecule has 0 aliphatic heterocycles. The van der Waals surface area contributed by atoms with Gasteiger partial charge in [0.25, 0.3) is 0 Å². The molecule has 0 amide bonds. The second-order valence-electron chi connectivity index (χ2n) is 5.95. The van der Waals surface area contributed by atoms with Gasteiger partial charge in [-0.25, -0.2) is 4.98 Å². The minimum atomic E-state index is -0.700. The largest absolute Gasteiger partial charge is 0.481 e. The average molecular weight is 272 g/mol. The Morgan fingerprint density at radius 3 is 2.95 bits per heavy atom. The van der Waals surface area contributed by atoms with Crippen LogP contribution in [0.5, 0.6) is 0 Å². The summed E-state index contributed by atoms with van der Waals surface area (Å²) in [7, 11) is 0. The van der Waals surface area contributed by atoms with Crippen LogP contribution in [0.15, 0.2) is 18.2 Å². The van der Waals surface area contributed by atoms with Gasteiger partial charge in [-0.2, -0.15) is 0 Å². The summed E-state index contributed by atoms with van der Waals surface area (Å²) in [6.45, 7) is 4.24. The van der Waals surface area contributed by atoms with Gasteiger partial charge in [-0.05, 0) is 42.9 Å². The lowest BCUT2D eigenvalue weighted by molar-refractivity contribution is -0.142. The highest BCUT2D eigenvalue weighted by Crippen LogP contribution is 2.42. The van der Waals surface area contributed by atoms with Crippen LogP contribution in [0.1, 0.15) is 44.0 Å². The molecule has 3 atom stereocenters. The highest BCUT2D eigenvalue weighted by Gasteiger charge is 2.39. The molecule has 2 N–H and O–H groups in total. The summed E-state index contributed by atoms with van der Waals surface area (Å²) in [5, 5.41) is 9.38. The maximum Gasteiger partial charge on any atom is 0.307 e. The van der Waals surface area contributed by atoms with Gasteiger partial charge in [-0.15, -0.1) is 0 Å². The van der Waals surface area contributed by atoms with Crippen LogP contribution in [-0.2, 0) is 11.2 Å². The number of carboxylic acids is 1. The van der Waals surface area contributed by atoms with Gasteiger partial charge >= 0.3 is 5.97 Å². The Kier molecular flexibility index (Phi) is 3.24. The van der Waals surface area contributed by atoms with E-state index in [1.165, 1.54) is 5.56 Å². The van der Waals surface area contributed by atoms with Gasteiger partial charge in [0.05, 0.1) is 17.0 Å². The Morgan fingerprint density at radius 2 is 2.25 bits per heavy atom.